The molecule has 0 spiro atoms. The van der Waals surface area contributed by atoms with Crippen LogP contribution in [0.4, 0.5) is 5.69 Å². The SMILES string of the molecule is COc1ccccc1N(Cc1ccccc1)S(=O)(=O)c1cccc(C(=O)N2CCC[C@H](C)C2)c1. The number of hydrogen-bond acceptors (Lipinski definition) is 4. The Labute approximate surface area is 201 Å². The third kappa shape index (κ3) is 5.09. The highest BCUT2D eigenvalue weighted by molar-refractivity contribution is 7.92. The lowest BCUT2D eigenvalue weighted by Gasteiger charge is -2.31. The molecule has 0 bridgehead atoms. The maximum Gasteiger partial charge on any atom is 0.264 e. The number of likely N-dealkylation sites (tertiary alicyclic amines) is 1. The predicted octanol–water partition coefficient (Wildman–Crippen LogP) is 4.96. The number of ether oxygens (including phenoxy) is 1. The zero-order valence-corrected chi connectivity index (χ0v) is 20.4. The van der Waals surface area contributed by atoms with Crippen molar-refractivity contribution in [2.24, 2.45) is 5.92 Å². The Kier molecular flexibility index (Phi) is 7.22. The minimum absolute atomic E-state index is 0.0743. The van der Waals surface area contributed by atoms with Crippen LogP contribution in [0.1, 0.15) is 35.7 Å². The summed E-state index contributed by atoms with van der Waals surface area (Å²) < 4.78 is 34.7. The van der Waals surface area contributed by atoms with E-state index in [4.69, 9.17) is 4.74 Å². The van der Waals surface area contributed by atoms with Gasteiger partial charge in [-0.05, 0) is 54.7 Å². The van der Waals surface area contributed by atoms with Crippen molar-refractivity contribution in [1.82, 2.24) is 4.90 Å². The Morgan fingerprint density at radius 1 is 1.03 bits per heavy atom. The van der Waals surface area contributed by atoms with Crippen molar-refractivity contribution in [3.8, 4) is 5.75 Å². The number of carbonyl (C=O) groups excluding carboxylic acids is 1. The standard InChI is InChI=1S/C27H30N2O4S/c1-21-10-9-17-28(19-21)27(30)23-13-8-14-24(18-23)34(31,32)29(20-22-11-4-3-5-12-22)25-15-6-7-16-26(25)33-2/h3-8,11-16,18,21H,9-10,17,19-20H2,1-2H3/t21-/m0/s1. The maximum absolute atomic E-state index is 14.0. The van der Waals surface area contributed by atoms with E-state index in [1.54, 1.807) is 42.5 Å². The van der Waals surface area contributed by atoms with Gasteiger partial charge in [0.05, 0.1) is 24.2 Å². The van der Waals surface area contributed by atoms with Gasteiger partial charge in [-0.1, -0.05) is 55.5 Å². The molecular formula is C27H30N2O4S. The number of carbonyl (C=O) groups is 1. The molecule has 0 saturated carbocycles. The monoisotopic (exact) mass is 478 g/mol. The number of methoxy groups -OCH3 is 1. The van der Waals surface area contributed by atoms with E-state index >= 15 is 0 Å². The van der Waals surface area contributed by atoms with Crippen LogP contribution in [0, 0.1) is 5.92 Å². The second kappa shape index (κ2) is 10.3. The number of hydrogen-bond donors (Lipinski definition) is 0. The van der Waals surface area contributed by atoms with Gasteiger partial charge in [-0.3, -0.25) is 9.10 Å². The fraction of sp³-hybridized carbons (Fsp3) is 0.296. The number of rotatable bonds is 7. The third-order valence-corrected chi connectivity index (χ3v) is 7.89. The van der Waals surface area contributed by atoms with Crippen molar-refractivity contribution in [1.29, 1.82) is 0 Å². The minimum Gasteiger partial charge on any atom is -0.495 e. The van der Waals surface area contributed by atoms with Crippen molar-refractivity contribution in [2.45, 2.75) is 31.2 Å². The summed E-state index contributed by atoms with van der Waals surface area (Å²) in [6, 6.07) is 22.8. The molecule has 3 aromatic rings. The normalized spacial score (nSPS) is 16.2. The van der Waals surface area contributed by atoms with Crippen LogP contribution in [-0.2, 0) is 16.6 Å². The highest BCUT2D eigenvalue weighted by atomic mass is 32.2. The fourth-order valence-corrected chi connectivity index (χ4v) is 5.87. The lowest BCUT2D eigenvalue weighted by atomic mass is 9.99. The average Bonchev–Trinajstić information content (AvgIpc) is 2.87. The molecule has 1 fully saturated rings. The molecule has 34 heavy (non-hydrogen) atoms. The zero-order valence-electron chi connectivity index (χ0n) is 19.6. The molecule has 1 amide bonds. The van der Waals surface area contributed by atoms with Crippen molar-refractivity contribution < 1.29 is 17.9 Å². The van der Waals surface area contributed by atoms with E-state index < -0.39 is 10.0 Å². The molecule has 0 unspecified atom stereocenters. The van der Waals surface area contributed by atoms with E-state index in [2.05, 4.69) is 6.92 Å². The van der Waals surface area contributed by atoms with Gasteiger partial charge in [0.15, 0.2) is 0 Å². The summed E-state index contributed by atoms with van der Waals surface area (Å²) in [6.07, 6.45) is 2.06. The summed E-state index contributed by atoms with van der Waals surface area (Å²) in [6.45, 7) is 3.65. The van der Waals surface area contributed by atoms with Crippen LogP contribution in [0.5, 0.6) is 5.75 Å². The lowest BCUT2D eigenvalue weighted by Crippen LogP contribution is -2.39. The van der Waals surface area contributed by atoms with E-state index in [1.165, 1.54) is 17.5 Å². The molecule has 4 rings (SSSR count). The number of piperidine rings is 1. The van der Waals surface area contributed by atoms with E-state index in [0.717, 1.165) is 18.4 Å². The number of sulfonamides is 1. The Morgan fingerprint density at radius 2 is 1.76 bits per heavy atom. The fourth-order valence-electron chi connectivity index (χ4n) is 4.36. The molecule has 6 nitrogen and oxygen atoms in total. The van der Waals surface area contributed by atoms with Crippen LogP contribution in [0.15, 0.2) is 83.8 Å². The molecule has 0 radical (unpaired) electrons. The first-order valence-corrected chi connectivity index (χ1v) is 12.9. The highest BCUT2D eigenvalue weighted by Crippen LogP contribution is 2.34. The molecule has 1 atom stereocenters. The Balaban J connectivity index is 1.73. The third-order valence-electron chi connectivity index (χ3n) is 6.14. The first-order chi connectivity index (χ1) is 16.4. The number of para-hydroxylation sites is 2. The predicted molar refractivity (Wildman–Crippen MR) is 134 cm³/mol. The summed E-state index contributed by atoms with van der Waals surface area (Å²) in [5, 5.41) is 0. The van der Waals surface area contributed by atoms with Crippen LogP contribution in [0.2, 0.25) is 0 Å². The van der Waals surface area contributed by atoms with Crippen LogP contribution in [0.3, 0.4) is 0 Å². The van der Waals surface area contributed by atoms with Crippen molar-refractivity contribution in [3.63, 3.8) is 0 Å². The van der Waals surface area contributed by atoms with Gasteiger partial charge in [-0.25, -0.2) is 8.42 Å². The van der Waals surface area contributed by atoms with E-state index in [0.29, 0.717) is 36.0 Å². The van der Waals surface area contributed by atoms with Gasteiger partial charge in [-0.15, -0.1) is 0 Å². The lowest BCUT2D eigenvalue weighted by molar-refractivity contribution is 0.0683. The van der Waals surface area contributed by atoms with Crippen LogP contribution < -0.4 is 9.04 Å². The number of amides is 1. The summed E-state index contributed by atoms with van der Waals surface area (Å²) in [7, 11) is -2.48. The van der Waals surface area contributed by atoms with Crippen molar-refractivity contribution >= 4 is 21.6 Å². The molecule has 178 valence electrons. The summed E-state index contributed by atoms with van der Waals surface area (Å²) >= 11 is 0. The number of anilines is 1. The molecule has 0 aliphatic carbocycles. The molecule has 0 aromatic heterocycles. The van der Waals surface area contributed by atoms with E-state index in [1.807, 2.05) is 35.2 Å². The molecule has 1 aliphatic rings. The second-order valence-electron chi connectivity index (χ2n) is 8.70. The smallest absolute Gasteiger partial charge is 0.264 e. The van der Waals surface area contributed by atoms with Gasteiger partial charge < -0.3 is 9.64 Å². The Bertz CT molecular complexity index is 1240. The number of benzene rings is 3. The zero-order chi connectivity index (χ0) is 24.1. The second-order valence-corrected chi connectivity index (χ2v) is 10.6. The van der Waals surface area contributed by atoms with Gasteiger partial charge in [-0.2, -0.15) is 0 Å². The minimum atomic E-state index is -4.00. The topological polar surface area (TPSA) is 66.9 Å². The summed E-state index contributed by atoms with van der Waals surface area (Å²) in [5.74, 6) is 0.767. The molecule has 3 aromatic carbocycles. The average molecular weight is 479 g/mol. The molecular weight excluding hydrogens is 448 g/mol. The highest BCUT2D eigenvalue weighted by Gasteiger charge is 2.29. The van der Waals surface area contributed by atoms with Gasteiger partial charge >= 0.3 is 0 Å². The molecule has 1 saturated heterocycles. The first kappa shape index (κ1) is 23.8. The largest absolute Gasteiger partial charge is 0.495 e. The van der Waals surface area contributed by atoms with E-state index in [-0.39, 0.29) is 17.3 Å². The molecule has 1 aliphatic heterocycles. The van der Waals surface area contributed by atoms with Gasteiger partial charge in [0.1, 0.15) is 5.75 Å². The van der Waals surface area contributed by atoms with Crippen molar-refractivity contribution in [2.75, 3.05) is 24.5 Å². The van der Waals surface area contributed by atoms with Crippen molar-refractivity contribution in [3.05, 3.63) is 90.0 Å². The maximum atomic E-state index is 14.0. The number of nitrogens with zero attached hydrogens (tertiary/aromatic N) is 2. The molecule has 1 heterocycles. The molecule has 7 heteroatoms. The quantitative estimate of drug-likeness (QED) is 0.481. The Hall–Kier alpha value is -3.32. The van der Waals surface area contributed by atoms with Crippen LogP contribution >= 0.6 is 0 Å². The van der Waals surface area contributed by atoms with Gasteiger partial charge in [0, 0.05) is 18.7 Å². The van der Waals surface area contributed by atoms with Crippen LogP contribution in [0.25, 0.3) is 0 Å². The Morgan fingerprint density at radius 3 is 2.50 bits per heavy atom. The molecule has 0 N–H and O–H groups in total. The first-order valence-electron chi connectivity index (χ1n) is 11.5. The summed E-state index contributed by atoms with van der Waals surface area (Å²) in [5.41, 5.74) is 1.66. The van der Waals surface area contributed by atoms with Gasteiger partial charge in [0.2, 0.25) is 0 Å². The van der Waals surface area contributed by atoms with Gasteiger partial charge in [0.25, 0.3) is 15.9 Å². The van der Waals surface area contributed by atoms with Crippen LogP contribution in [-0.4, -0.2) is 39.4 Å². The summed E-state index contributed by atoms with van der Waals surface area (Å²) in [4.78, 5) is 15.0. The van der Waals surface area contributed by atoms with E-state index in [9.17, 15) is 13.2 Å².